The fraction of sp³-hybridized carbons (Fsp3) is 0.500. The van der Waals surface area contributed by atoms with E-state index in [9.17, 15) is 4.79 Å². The highest BCUT2D eigenvalue weighted by Crippen LogP contribution is 2.37. The first-order chi connectivity index (χ1) is 11.0. The lowest BCUT2D eigenvalue weighted by Gasteiger charge is -2.34. The molecule has 0 bridgehead atoms. The van der Waals surface area contributed by atoms with Crippen molar-refractivity contribution in [2.24, 2.45) is 7.05 Å². The molecule has 2 aromatic rings. The highest BCUT2D eigenvalue weighted by molar-refractivity contribution is 5.88. The molecule has 1 amide bonds. The number of nitrogens with zero attached hydrogens (tertiary/aromatic N) is 3. The number of aromatic nitrogens is 3. The van der Waals surface area contributed by atoms with Crippen molar-refractivity contribution in [2.45, 2.75) is 44.9 Å². The average Bonchev–Trinajstić information content (AvgIpc) is 2.87. The summed E-state index contributed by atoms with van der Waals surface area (Å²) in [6.07, 6.45) is 3.72. The predicted octanol–water partition coefficient (Wildman–Crippen LogP) is 2.08. The number of benzene rings is 1. The molecule has 0 aliphatic heterocycles. The number of hydrogen-bond acceptors (Lipinski definition) is 3. The lowest BCUT2D eigenvalue weighted by atomic mass is 9.70. The van der Waals surface area contributed by atoms with Crippen LogP contribution in [0.5, 0.6) is 0 Å². The van der Waals surface area contributed by atoms with Gasteiger partial charge in [0.05, 0.1) is 5.41 Å². The minimum absolute atomic E-state index is 0.114. The van der Waals surface area contributed by atoms with Gasteiger partial charge in [0.25, 0.3) is 0 Å². The zero-order valence-electron chi connectivity index (χ0n) is 14.1. The van der Waals surface area contributed by atoms with Crippen LogP contribution in [-0.2, 0) is 30.1 Å². The predicted molar refractivity (Wildman–Crippen MR) is 89.2 cm³/mol. The lowest BCUT2D eigenvalue weighted by Crippen LogP contribution is -2.45. The highest BCUT2D eigenvalue weighted by Gasteiger charge is 2.38. The van der Waals surface area contributed by atoms with Crippen LogP contribution < -0.4 is 5.32 Å². The fourth-order valence-electron chi connectivity index (χ4n) is 3.43. The van der Waals surface area contributed by atoms with E-state index in [1.54, 1.807) is 0 Å². The number of carbonyl (C=O) groups is 1. The standard InChI is InChI=1S/C18H24N4O/c1-13-20-21-16(22(13)3)10-12-19-17(23)18(2)11-6-8-14-7-4-5-9-15(14)18/h4-5,7,9H,6,8,10-12H2,1-3H3,(H,19,23). The third-order valence-electron chi connectivity index (χ3n) is 5.05. The molecule has 0 spiro atoms. The quantitative estimate of drug-likeness (QED) is 0.940. The van der Waals surface area contributed by atoms with Gasteiger partial charge in [-0.25, -0.2) is 0 Å². The van der Waals surface area contributed by atoms with Crippen LogP contribution in [0.25, 0.3) is 0 Å². The van der Waals surface area contributed by atoms with Crippen molar-refractivity contribution in [2.75, 3.05) is 6.54 Å². The van der Waals surface area contributed by atoms with Crippen molar-refractivity contribution in [1.29, 1.82) is 0 Å². The molecule has 1 atom stereocenters. The highest BCUT2D eigenvalue weighted by atomic mass is 16.2. The first-order valence-electron chi connectivity index (χ1n) is 8.24. The van der Waals surface area contributed by atoms with Crippen LogP contribution in [0, 0.1) is 6.92 Å². The molecule has 0 fully saturated rings. The van der Waals surface area contributed by atoms with Crippen LogP contribution in [0.1, 0.15) is 42.5 Å². The largest absolute Gasteiger partial charge is 0.355 e. The minimum atomic E-state index is -0.426. The van der Waals surface area contributed by atoms with Crippen LogP contribution in [0.2, 0.25) is 0 Å². The van der Waals surface area contributed by atoms with E-state index in [2.05, 4.69) is 40.6 Å². The van der Waals surface area contributed by atoms with Crippen LogP contribution >= 0.6 is 0 Å². The van der Waals surface area contributed by atoms with Gasteiger partial charge in [-0.3, -0.25) is 4.79 Å². The minimum Gasteiger partial charge on any atom is -0.355 e. The van der Waals surface area contributed by atoms with Crippen molar-refractivity contribution in [3.63, 3.8) is 0 Å². The monoisotopic (exact) mass is 312 g/mol. The number of carbonyl (C=O) groups excluding carboxylic acids is 1. The van der Waals surface area contributed by atoms with Gasteiger partial charge in [0.2, 0.25) is 5.91 Å². The maximum absolute atomic E-state index is 12.8. The van der Waals surface area contributed by atoms with E-state index in [0.29, 0.717) is 13.0 Å². The van der Waals surface area contributed by atoms with Gasteiger partial charge in [-0.15, -0.1) is 10.2 Å². The number of fused-ring (bicyclic) bond motifs is 1. The smallest absolute Gasteiger partial charge is 0.230 e. The molecule has 1 N–H and O–H groups in total. The molecule has 3 rings (SSSR count). The van der Waals surface area contributed by atoms with Gasteiger partial charge < -0.3 is 9.88 Å². The van der Waals surface area contributed by atoms with Gasteiger partial charge in [0, 0.05) is 20.0 Å². The van der Waals surface area contributed by atoms with E-state index >= 15 is 0 Å². The maximum Gasteiger partial charge on any atom is 0.230 e. The number of nitrogens with one attached hydrogen (secondary N) is 1. The number of amides is 1. The Morgan fingerprint density at radius 2 is 2.13 bits per heavy atom. The van der Waals surface area contributed by atoms with E-state index in [-0.39, 0.29) is 5.91 Å². The zero-order chi connectivity index (χ0) is 16.4. The average molecular weight is 312 g/mol. The molecule has 1 aliphatic rings. The van der Waals surface area contributed by atoms with Crippen molar-refractivity contribution in [3.05, 3.63) is 47.0 Å². The van der Waals surface area contributed by atoms with Gasteiger partial charge in [0.1, 0.15) is 11.6 Å². The molecular weight excluding hydrogens is 288 g/mol. The van der Waals surface area contributed by atoms with Crippen LogP contribution in [0.3, 0.4) is 0 Å². The van der Waals surface area contributed by atoms with E-state index in [1.807, 2.05) is 24.6 Å². The Kier molecular flexibility index (Phi) is 4.20. The molecule has 0 saturated carbocycles. The lowest BCUT2D eigenvalue weighted by molar-refractivity contribution is -0.126. The first kappa shape index (κ1) is 15.7. The van der Waals surface area contributed by atoms with Gasteiger partial charge >= 0.3 is 0 Å². The van der Waals surface area contributed by atoms with Gasteiger partial charge in [-0.1, -0.05) is 24.3 Å². The molecule has 0 saturated heterocycles. The molecule has 23 heavy (non-hydrogen) atoms. The van der Waals surface area contributed by atoms with E-state index in [0.717, 1.165) is 30.9 Å². The number of aryl methyl sites for hydroxylation is 2. The summed E-state index contributed by atoms with van der Waals surface area (Å²) in [6, 6.07) is 8.32. The Hall–Kier alpha value is -2.17. The van der Waals surface area contributed by atoms with Gasteiger partial charge in [-0.2, -0.15) is 0 Å². The first-order valence-corrected chi connectivity index (χ1v) is 8.24. The molecule has 5 heteroatoms. The molecule has 0 radical (unpaired) electrons. The number of rotatable bonds is 4. The van der Waals surface area contributed by atoms with E-state index < -0.39 is 5.41 Å². The fourth-order valence-corrected chi connectivity index (χ4v) is 3.43. The number of hydrogen-bond donors (Lipinski definition) is 1. The third-order valence-corrected chi connectivity index (χ3v) is 5.05. The molecule has 5 nitrogen and oxygen atoms in total. The topological polar surface area (TPSA) is 59.8 Å². The van der Waals surface area contributed by atoms with Crippen molar-refractivity contribution in [3.8, 4) is 0 Å². The second-order valence-electron chi connectivity index (χ2n) is 6.57. The van der Waals surface area contributed by atoms with E-state index in [4.69, 9.17) is 0 Å². The van der Waals surface area contributed by atoms with Gasteiger partial charge in [-0.05, 0) is 44.2 Å². The van der Waals surface area contributed by atoms with E-state index in [1.165, 1.54) is 11.1 Å². The third kappa shape index (κ3) is 2.87. The molecule has 1 aromatic heterocycles. The molecule has 122 valence electrons. The maximum atomic E-state index is 12.8. The zero-order valence-corrected chi connectivity index (χ0v) is 14.1. The second kappa shape index (κ2) is 6.14. The Morgan fingerprint density at radius 3 is 2.87 bits per heavy atom. The Morgan fingerprint density at radius 1 is 1.35 bits per heavy atom. The van der Waals surface area contributed by atoms with Crippen molar-refractivity contribution >= 4 is 5.91 Å². The molecule has 1 unspecified atom stereocenters. The van der Waals surface area contributed by atoms with Gasteiger partial charge in [0.15, 0.2) is 0 Å². The van der Waals surface area contributed by atoms with Crippen molar-refractivity contribution in [1.82, 2.24) is 20.1 Å². The summed E-state index contributed by atoms with van der Waals surface area (Å²) in [5.41, 5.74) is 2.06. The summed E-state index contributed by atoms with van der Waals surface area (Å²) in [5, 5.41) is 11.3. The Balaban J connectivity index is 1.68. The summed E-state index contributed by atoms with van der Waals surface area (Å²) in [7, 11) is 1.95. The normalized spacial score (nSPS) is 20.1. The van der Waals surface area contributed by atoms with Crippen LogP contribution in [0.15, 0.2) is 24.3 Å². The summed E-state index contributed by atoms with van der Waals surface area (Å²) >= 11 is 0. The van der Waals surface area contributed by atoms with Crippen molar-refractivity contribution < 1.29 is 4.79 Å². The summed E-state index contributed by atoms with van der Waals surface area (Å²) < 4.78 is 1.96. The molecule has 1 aromatic carbocycles. The SMILES string of the molecule is Cc1nnc(CCNC(=O)C2(C)CCCc3ccccc32)n1C. The Bertz CT molecular complexity index is 722. The molecule has 1 aliphatic carbocycles. The second-order valence-corrected chi connectivity index (χ2v) is 6.57. The summed E-state index contributed by atoms with van der Waals surface area (Å²) in [6.45, 7) is 4.57. The van der Waals surface area contributed by atoms with Crippen LogP contribution in [0.4, 0.5) is 0 Å². The molecular formula is C18H24N4O. The summed E-state index contributed by atoms with van der Waals surface area (Å²) in [4.78, 5) is 12.8. The Labute approximate surface area is 137 Å². The summed E-state index contributed by atoms with van der Waals surface area (Å²) in [5.74, 6) is 1.90. The molecule has 1 heterocycles. The van der Waals surface area contributed by atoms with Crippen LogP contribution in [-0.4, -0.2) is 27.2 Å².